The van der Waals surface area contributed by atoms with Gasteiger partial charge in [0.25, 0.3) is 0 Å². The fourth-order valence-corrected chi connectivity index (χ4v) is 1.63. The first-order valence-electron chi connectivity index (χ1n) is 5.59. The van der Waals surface area contributed by atoms with Gasteiger partial charge in [-0.05, 0) is 44.7 Å². The SMILES string of the molecule is CCCC(CNC)COCC1CC1. The van der Waals surface area contributed by atoms with Crippen molar-refractivity contribution in [3.05, 3.63) is 0 Å². The van der Waals surface area contributed by atoms with E-state index in [2.05, 4.69) is 12.2 Å². The van der Waals surface area contributed by atoms with Gasteiger partial charge in [0, 0.05) is 6.61 Å². The van der Waals surface area contributed by atoms with Gasteiger partial charge in [0.1, 0.15) is 0 Å². The molecule has 78 valence electrons. The largest absolute Gasteiger partial charge is 0.381 e. The maximum Gasteiger partial charge on any atom is 0.0506 e. The lowest BCUT2D eigenvalue weighted by Crippen LogP contribution is -2.23. The molecule has 1 rings (SSSR count). The lowest BCUT2D eigenvalue weighted by molar-refractivity contribution is 0.0883. The molecule has 0 aromatic heterocycles. The Labute approximate surface area is 82.0 Å². The summed E-state index contributed by atoms with van der Waals surface area (Å²) in [6.07, 6.45) is 5.33. The van der Waals surface area contributed by atoms with Gasteiger partial charge in [0.15, 0.2) is 0 Å². The molecule has 0 aromatic rings. The minimum absolute atomic E-state index is 0.716. The van der Waals surface area contributed by atoms with Gasteiger partial charge in [-0.15, -0.1) is 0 Å². The topological polar surface area (TPSA) is 21.3 Å². The molecule has 0 heterocycles. The van der Waals surface area contributed by atoms with Crippen molar-refractivity contribution in [2.75, 3.05) is 26.8 Å². The molecule has 0 bridgehead atoms. The molecule has 0 radical (unpaired) electrons. The number of nitrogens with one attached hydrogen (secondary N) is 1. The molecule has 1 atom stereocenters. The van der Waals surface area contributed by atoms with E-state index in [1.54, 1.807) is 0 Å². The molecule has 1 saturated carbocycles. The van der Waals surface area contributed by atoms with Gasteiger partial charge in [0.05, 0.1) is 6.61 Å². The normalized spacial score (nSPS) is 18.9. The van der Waals surface area contributed by atoms with Crippen molar-refractivity contribution >= 4 is 0 Å². The van der Waals surface area contributed by atoms with Gasteiger partial charge in [-0.2, -0.15) is 0 Å². The molecule has 1 aliphatic rings. The zero-order chi connectivity index (χ0) is 9.52. The van der Waals surface area contributed by atoms with Gasteiger partial charge in [-0.25, -0.2) is 0 Å². The summed E-state index contributed by atoms with van der Waals surface area (Å²) >= 11 is 0. The Morgan fingerprint density at radius 3 is 2.77 bits per heavy atom. The van der Waals surface area contributed by atoms with E-state index < -0.39 is 0 Å². The van der Waals surface area contributed by atoms with Crippen molar-refractivity contribution in [2.24, 2.45) is 11.8 Å². The second kappa shape index (κ2) is 6.39. The van der Waals surface area contributed by atoms with Crippen LogP contribution in [0.25, 0.3) is 0 Å². The molecule has 0 amide bonds. The van der Waals surface area contributed by atoms with Crippen molar-refractivity contribution in [2.45, 2.75) is 32.6 Å². The van der Waals surface area contributed by atoms with Crippen molar-refractivity contribution in [1.29, 1.82) is 0 Å². The highest BCUT2D eigenvalue weighted by atomic mass is 16.5. The predicted molar refractivity (Wildman–Crippen MR) is 55.9 cm³/mol. The second-order valence-corrected chi connectivity index (χ2v) is 4.19. The quantitative estimate of drug-likeness (QED) is 0.625. The summed E-state index contributed by atoms with van der Waals surface area (Å²) in [5.41, 5.74) is 0. The van der Waals surface area contributed by atoms with E-state index >= 15 is 0 Å². The molecule has 13 heavy (non-hydrogen) atoms. The second-order valence-electron chi connectivity index (χ2n) is 4.19. The summed E-state index contributed by atoms with van der Waals surface area (Å²) in [5, 5.41) is 3.23. The molecule has 2 nitrogen and oxygen atoms in total. The molecule has 2 heteroatoms. The van der Waals surface area contributed by atoms with Crippen LogP contribution in [0, 0.1) is 11.8 Å². The lowest BCUT2D eigenvalue weighted by atomic mass is 10.1. The van der Waals surface area contributed by atoms with Gasteiger partial charge in [0.2, 0.25) is 0 Å². The summed E-state index contributed by atoms with van der Waals surface area (Å²) in [7, 11) is 2.02. The highest BCUT2D eigenvalue weighted by molar-refractivity contribution is 4.72. The number of rotatable bonds is 8. The molecule has 1 N–H and O–H groups in total. The van der Waals surface area contributed by atoms with Crippen LogP contribution in [0.5, 0.6) is 0 Å². The Morgan fingerprint density at radius 2 is 2.23 bits per heavy atom. The molecule has 1 aliphatic carbocycles. The maximum absolute atomic E-state index is 5.68. The Kier molecular flexibility index (Phi) is 5.40. The van der Waals surface area contributed by atoms with Gasteiger partial charge < -0.3 is 10.1 Å². The molecule has 0 saturated heterocycles. The smallest absolute Gasteiger partial charge is 0.0506 e. The van der Waals surface area contributed by atoms with Crippen LogP contribution in [-0.2, 0) is 4.74 Å². The van der Waals surface area contributed by atoms with E-state index in [-0.39, 0.29) is 0 Å². The number of hydrogen-bond acceptors (Lipinski definition) is 2. The Morgan fingerprint density at radius 1 is 1.46 bits per heavy atom. The van der Waals surface area contributed by atoms with E-state index in [4.69, 9.17) is 4.74 Å². The summed E-state index contributed by atoms with van der Waals surface area (Å²) in [5.74, 6) is 1.62. The standard InChI is InChI=1S/C11H23NO/c1-3-4-11(7-12-2)9-13-8-10-5-6-10/h10-12H,3-9H2,1-2H3. The van der Waals surface area contributed by atoms with Gasteiger partial charge in [-0.3, -0.25) is 0 Å². The van der Waals surface area contributed by atoms with Crippen LogP contribution >= 0.6 is 0 Å². The predicted octanol–water partition coefficient (Wildman–Crippen LogP) is 2.05. The van der Waals surface area contributed by atoms with E-state index in [9.17, 15) is 0 Å². The van der Waals surface area contributed by atoms with Crippen LogP contribution in [0.4, 0.5) is 0 Å². The van der Waals surface area contributed by atoms with Gasteiger partial charge in [-0.1, -0.05) is 13.3 Å². The summed E-state index contributed by atoms with van der Waals surface area (Å²) in [6.45, 7) is 5.29. The Hall–Kier alpha value is -0.0800. The lowest BCUT2D eigenvalue weighted by Gasteiger charge is -2.15. The fraction of sp³-hybridized carbons (Fsp3) is 1.00. The summed E-state index contributed by atoms with van der Waals surface area (Å²) in [4.78, 5) is 0. The molecule has 1 fully saturated rings. The van der Waals surface area contributed by atoms with Crippen LogP contribution in [0.3, 0.4) is 0 Å². The molecule has 0 aliphatic heterocycles. The molecular formula is C11H23NO. The van der Waals surface area contributed by atoms with Crippen LogP contribution in [0.2, 0.25) is 0 Å². The Balaban J connectivity index is 1.98. The highest BCUT2D eigenvalue weighted by Crippen LogP contribution is 2.28. The first-order valence-corrected chi connectivity index (χ1v) is 5.59. The maximum atomic E-state index is 5.68. The zero-order valence-electron chi connectivity index (χ0n) is 9.01. The third-order valence-corrected chi connectivity index (χ3v) is 2.59. The Bertz CT molecular complexity index is 117. The fourth-order valence-electron chi connectivity index (χ4n) is 1.63. The molecule has 0 spiro atoms. The van der Waals surface area contributed by atoms with Crippen LogP contribution in [0.1, 0.15) is 32.6 Å². The van der Waals surface area contributed by atoms with Gasteiger partial charge >= 0.3 is 0 Å². The third kappa shape index (κ3) is 5.27. The first-order chi connectivity index (χ1) is 6.36. The number of hydrogen-bond donors (Lipinski definition) is 1. The van der Waals surface area contributed by atoms with E-state index in [1.165, 1.54) is 25.7 Å². The first kappa shape index (κ1) is 11.0. The summed E-state index contributed by atoms with van der Waals surface area (Å²) in [6, 6.07) is 0. The average Bonchev–Trinajstić information content (AvgIpc) is 2.89. The monoisotopic (exact) mass is 185 g/mol. The minimum atomic E-state index is 0.716. The molecular weight excluding hydrogens is 162 g/mol. The van der Waals surface area contributed by atoms with Crippen LogP contribution in [0.15, 0.2) is 0 Å². The third-order valence-electron chi connectivity index (χ3n) is 2.59. The van der Waals surface area contributed by atoms with E-state index in [1.807, 2.05) is 7.05 Å². The summed E-state index contributed by atoms with van der Waals surface area (Å²) < 4.78 is 5.68. The van der Waals surface area contributed by atoms with Crippen LogP contribution in [-0.4, -0.2) is 26.8 Å². The van der Waals surface area contributed by atoms with Crippen molar-refractivity contribution in [1.82, 2.24) is 5.32 Å². The highest BCUT2D eigenvalue weighted by Gasteiger charge is 2.21. The number of ether oxygens (including phenoxy) is 1. The van der Waals surface area contributed by atoms with Crippen molar-refractivity contribution in [3.8, 4) is 0 Å². The van der Waals surface area contributed by atoms with E-state index in [0.29, 0.717) is 5.92 Å². The molecule has 0 aromatic carbocycles. The average molecular weight is 185 g/mol. The van der Waals surface area contributed by atoms with E-state index in [0.717, 1.165) is 25.7 Å². The van der Waals surface area contributed by atoms with Crippen LogP contribution < -0.4 is 5.32 Å². The molecule has 1 unspecified atom stereocenters. The zero-order valence-corrected chi connectivity index (χ0v) is 9.01. The van der Waals surface area contributed by atoms with Crippen molar-refractivity contribution in [3.63, 3.8) is 0 Å². The van der Waals surface area contributed by atoms with Crippen molar-refractivity contribution < 1.29 is 4.74 Å². The minimum Gasteiger partial charge on any atom is -0.381 e.